The molecule has 5 heteroatoms. The molecule has 0 saturated carbocycles. The van der Waals surface area contributed by atoms with Crippen LogP contribution in [0.5, 0.6) is 0 Å². The van der Waals surface area contributed by atoms with E-state index in [0.717, 1.165) is 17.7 Å². The van der Waals surface area contributed by atoms with Gasteiger partial charge in [-0.2, -0.15) is 0 Å². The molecular formula is C14H18N4O. The molecule has 0 atom stereocenters. The Morgan fingerprint density at radius 2 is 2.00 bits per heavy atom. The smallest absolute Gasteiger partial charge is 0.157 e. The van der Waals surface area contributed by atoms with Gasteiger partial charge in [0.15, 0.2) is 5.82 Å². The van der Waals surface area contributed by atoms with Crippen molar-refractivity contribution >= 4 is 5.82 Å². The highest BCUT2D eigenvalue weighted by atomic mass is 16.5. The summed E-state index contributed by atoms with van der Waals surface area (Å²) in [5.41, 5.74) is 4.42. The molecule has 1 aromatic heterocycles. The second kappa shape index (κ2) is 6.82. The lowest BCUT2D eigenvalue weighted by Crippen LogP contribution is -2.11. The normalized spacial score (nSPS) is 10.4. The number of hydrogen-bond acceptors (Lipinski definition) is 5. The quantitative estimate of drug-likeness (QED) is 0.472. The maximum Gasteiger partial charge on any atom is 0.157 e. The molecule has 19 heavy (non-hydrogen) atoms. The van der Waals surface area contributed by atoms with E-state index in [0.29, 0.717) is 24.9 Å². The van der Waals surface area contributed by atoms with E-state index in [1.54, 1.807) is 0 Å². The maximum atomic E-state index is 5.47. The van der Waals surface area contributed by atoms with Gasteiger partial charge in [0, 0.05) is 18.2 Å². The fourth-order valence-electron chi connectivity index (χ4n) is 1.70. The summed E-state index contributed by atoms with van der Waals surface area (Å²) in [6.07, 6.45) is 0.973. The molecule has 3 N–H and O–H groups in total. The van der Waals surface area contributed by atoms with E-state index in [9.17, 15) is 0 Å². The maximum absolute atomic E-state index is 5.47. The Bertz CT molecular complexity index is 516. The average Bonchev–Trinajstić information content (AvgIpc) is 2.48. The number of nitrogens with one attached hydrogen (secondary N) is 1. The van der Waals surface area contributed by atoms with E-state index in [2.05, 4.69) is 22.3 Å². The Hall–Kier alpha value is -1.98. The van der Waals surface area contributed by atoms with Crippen LogP contribution in [0, 0.1) is 0 Å². The minimum Gasteiger partial charge on any atom is -0.373 e. The Morgan fingerprint density at radius 3 is 2.68 bits per heavy atom. The number of nitrogens with zero attached hydrogens (tertiary/aromatic N) is 2. The molecule has 0 bridgehead atoms. The third-order valence-corrected chi connectivity index (χ3v) is 2.57. The Labute approximate surface area is 112 Å². The van der Waals surface area contributed by atoms with Crippen LogP contribution in [-0.4, -0.2) is 16.6 Å². The number of benzene rings is 1. The fraction of sp³-hybridized carbons (Fsp3) is 0.286. The molecule has 1 heterocycles. The Balaban J connectivity index is 2.26. The Kier molecular flexibility index (Phi) is 4.83. The van der Waals surface area contributed by atoms with E-state index in [-0.39, 0.29) is 0 Å². The van der Waals surface area contributed by atoms with Crippen LogP contribution in [0.3, 0.4) is 0 Å². The van der Waals surface area contributed by atoms with Gasteiger partial charge in [-0.3, -0.25) is 0 Å². The molecule has 0 aliphatic carbocycles. The summed E-state index contributed by atoms with van der Waals surface area (Å²) in [5, 5.41) is 0. The van der Waals surface area contributed by atoms with Gasteiger partial charge in [-0.05, 0) is 6.42 Å². The lowest BCUT2D eigenvalue weighted by atomic mass is 10.1. The highest BCUT2D eigenvalue weighted by molar-refractivity contribution is 5.62. The summed E-state index contributed by atoms with van der Waals surface area (Å²) in [5.74, 6) is 6.65. The van der Waals surface area contributed by atoms with Gasteiger partial charge in [-0.15, -0.1) is 0 Å². The van der Waals surface area contributed by atoms with E-state index < -0.39 is 0 Å². The molecule has 0 aliphatic rings. The minimum atomic E-state index is 0.392. The lowest BCUT2D eigenvalue weighted by Gasteiger charge is -2.08. The molecule has 5 nitrogen and oxygen atoms in total. The largest absolute Gasteiger partial charge is 0.373 e. The number of hydrazine groups is 1. The summed E-state index contributed by atoms with van der Waals surface area (Å²) in [4.78, 5) is 8.77. The van der Waals surface area contributed by atoms with Crippen LogP contribution in [-0.2, 0) is 11.3 Å². The zero-order valence-electron chi connectivity index (χ0n) is 11.0. The third kappa shape index (κ3) is 3.74. The molecular weight excluding hydrogens is 240 g/mol. The minimum absolute atomic E-state index is 0.392. The molecule has 0 unspecified atom stereocenters. The van der Waals surface area contributed by atoms with Crippen LogP contribution in [0.15, 0.2) is 36.4 Å². The number of rotatable bonds is 6. The number of ether oxygens (including phenoxy) is 1. The number of nitrogen functional groups attached to an aromatic ring is 1. The monoisotopic (exact) mass is 258 g/mol. The van der Waals surface area contributed by atoms with E-state index in [4.69, 9.17) is 10.6 Å². The molecule has 2 aromatic rings. The predicted octanol–water partition coefficient (Wildman–Crippen LogP) is 2.36. The average molecular weight is 258 g/mol. The SMILES string of the molecule is CCCOCc1nc(NN)cc(-c2ccccc2)n1. The molecule has 1 aromatic carbocycles. The standard InChI is InChI=1S/C14H18N4O/c1-2-8-19-10-14-16-12(9-13(17-14)18-15)11-6-4-3-5-7-11/h3-7,9H,2,8,10,15H2,1H3,(H,16,17,18). The molecule has 0 amide bonds. The first kappa shape index (κ1) is 13.5. The van der Waals surface area contributed by atoms with Crippen LogP contribution in [0.25, 0.3) is 11.3 Å². The van der Waals surface area contributed by atoms with Crippen molar-refractivity contribution in [1.82, 2.24) is 9.97 Å². The summed E-state index contributed by atoms with van der Waals surface area (Å²) in [7, 11) is 0. The van der Waals surface area contributed by atoms with Gasteiger partial charge in [-0.1, -0.05) is 37.3 Å². The van der Waals surface area contributed by atoms with Crippen molar-refractivity contribution in [3.05, 3.63) is 42.2 Å². The van der Waals surface area contributed by atoms with Gasteiger partial charge in [0.05, 0.1) is 5.69 Å². The van der Waals surface area contributed by atoms with E-state index in [1.165, 1.54) is 0 Å². The number of anilines is 1. The zero-order chi connectivity index (χ0) is 13.5. The molecule has 2 rings (SSSR count). The molecule has 0 spiro atoms. The van der Waals surface area contributed by atoms with Crippen LogP contribution in [0.1, 0.15) is 19.2 Å². The molecule has 0 radical (unpaired) electrons. The predicted molar refractivity (Wildman–Crippen MR) is 75.2 cm³/mol. The number of hydrogen-bond donors (Lipinski definition) is 2. The van der Waals surface area contributed by atoms with Crippen molar-refractivity contribution in [1.29, 1.82) is 0 Å². The van der Waals surface area contributed by atoms with Gasteiger partial charge in [-0.25, -0.2) is 15.8 Å². The van der Waals surface area contributed by atoms with Crippen LogP contribution in [0.4, 0.5) is 5.82 Å². The molecule has 0 saturated heterocycles. The van der Waals surface area contributed by atoms with Crippen molar-refractivity contribution in [3.8, 4) is 11.3 Å². The summed E-state index contributed by atoms with van der Waals surface area (Å²) in [6, 6.07) is 11.7. The summed E-state index contributed by atoms with van der Waals surface area (Å²) < 4.78 is 5.47. The van der Waals surface area contributed by atoms with Gasteiger partial charge in [0.1, 0.15) is 12.4 Å². The van der Waals surface area contributed by atoms with E-state index in [1.807, 2.05) is 36.4 Å². The highest BCUT2D eigenvalue weighted by Crippen LogP contribution is 2.19. The lowest BCUT2D eigenvalue weighted by molar-refractivity contribution is 0.116. The third-order valence-electron chi connectivity index (χ3n) is 2.57. The second-order valence-electron chi connectivity index (χ2n) is 4.12. The number of nitrogens with two attached hydrogens (primary N) is 1. The van der Waals surface area contributed by atoms with Crippen LogP contribution >= 0.6 is 0 Å². The summed E-state index contributed by atoms with van der Waals surface area (Å²) >= 11 is 0. The van der Waals surface area contributed by atoms with Crippen molar-refractivity contribution in [3.63, 3.8) is 0 Å². The Morgan fingerprint density at radius 1 is 1.21 bits per heavy atom. The van der Waals surface area contributed by atoms with Gasteiger partial charge < -0.3 is 10.2 Å². The van der Waals surface area contributed by atoms with Gasteiger partial charge in [0.2, 0.25) is 0 Å². The fourth-order valence-corrected chi connectivity index (χ4v) is 1.70. The first-order valence-electron chi connectivity index (χ1n) is 6.31. The number of aromatic nitrogens is 2. The molecule has 0 fully saturated rings. The van der Waals surface area contributed by atoms with Gasteiger partial charge >= 0.3 is 0 Å². The van der Waals surface area contributed by atoms with Crippen LogP contribution < -0.4 is 11.3 Å². The summed E-state index contributed by atoms with van der Waals surface area (Å²) in [6.45, 7) is 3.15. The van der Waals surface area contributed by atoms with Crippen molar-refractivity contribution in [2.24, 2.45) is 5.84 Å². The molecule has 0 aliphatic heterocycles. The second-order valence-corrected chi connectivity index (χ2v) is 4.12. The van der Waals surface area contributed by atoms with Crippen molar-refractivity contribution in [2.75, 3.05) is 12.0 Å². The first-order valence-corrected chi connectivity index (χ1v) is 6.31. The highest BCUT2D eigenvalue weighted by Gasteiger charge is 2.06. The topological polar surface area (TPSA) is 73.1 Å². The van der Waals surface area contributed by atoms with Crippen molar-refractivity contribution in [2.45, 2.75) is 20.0 Å². The van der Waals surface area contributed by atoms with Crippen LogP contribution in [0.2, 0.25) is 0 Å². The first-order chi connectivity index (χ1) is 9.33. The molecule has 100 valence electrons. The van der Waals surface area contributed by atoms with E-state index >= 15 is 0 Å². The van der Waals surface area contributed by atoms with Gasteiger partial charge in [0.25, 0.3) is 0 Å². The zero-order valence-corrected chi connectivity index (χ0v) is 11.0. The van der Waals surface area contributed by atoms with Crippen molar-refractivity contribution < 1.29 is 4.74 Å².